The molecule has 1 aromatic rings. The van der Waals surface area contributed by atoms with Crippen molar-refractivity contribution < 1.29 is 20.5 Å². The molecule has 0 aromatic heterocycles. The molecule has 0 saturated heterocycles. The van der Waals surface area contributed by atoms with Crippen LogP contribution < -0.4 is 10.8 Å². The number of benzene rings is 1. The zero-order chi connectivity index (χ0) is 12.2. The van der Waals surface area contributed by atoms with Gasteiger partial charge in [0.05, 0.1) is 0 Å². The fraction of sp³-hybridized carbons (Fsp3) is 0.417. The average molecular weight is 251 g/mol. The monoisotopic (exact) mass is 251 g/mol. The maximum atomic E-state index is 11.4. The molecule has 6 heteroatoms. The average Bonchev–Trinajstić information content (AvgIpc) is 2.12. The molecule has 1 rings (SSSR count). The van der Waals surface area contributed by atoms with Crippen LogP contribution >= 0.6 is 0 Å². The van der Waals surface area contributed by atoms with Crippen molar-refractivity contribution in [2.45, 2.75) is 32.9 Å². The van der Waals surface area contributed by atoms with Crippen molar-refractivity contribution in [2.75, 3.05) is 0 Å². The number of ether oxygens (including phenoxy) is 1. The Morgan fingerprint density at radius 3 is 2.44 bits per heavy atom. The Labute approximate surface area is 109 Å². The van der Waals surface area contributed by atoms with E-state index in [1.165, 1.54) is 0 Å². The third-order valence-corrected chi connectivity index (χ3v) is 1.79. The molecule has 0 spiro atoms. The molecule has 0 saturated carbocycles. The van der Waals surface area contributed by atoms with Crippen LogP contribution in [-0.4, -0.2) is 30.5 Å². The first kappa shape index (κ1) is 18.8. The van der Waals surface area contributed by atoms with E-state index in [9.17, 15) is 4.79 Å². The summed E-state index contributed by atoms with van der Waals surface area (Å²) in [5.74, 6) is 0. The Balaban J connectivity index is 0. The van der Waals surface area contributed by atoms with Crippen LogP contribution in [0.4, 0.5) is 4.79 Å². The zero-order valence-corrected chi connectivity index (χ0v) is 10.8. The topological polar surface area (TPSA) is 98.3 Å². The van der Waals surface area contributed by atoms with Crippen molar-refractivity contribution in [3.05, 3.63) is 29.8 Å². The van der Waals surface area contributed by atoms with Crippen molar-refractivity contribution in [3.63, 3.8) is 0 Å². The molecular formula is C12H18BNO4. The summed E-state index contributed by atoms with van der Waals surface area (Å²) in [4.78, 5) is 11.4. The smallest absolute Gasteiger partial charge is 0.870 e. The molecule has 0 atom stereocenters. The summed E-state index contributed by atoms with van der Waals surface area (Å²) in [6.45, 7) is 5.90. The number of rotatable bonds is 2. The van der Waals surface area contributed by atoms with Gasteiger partial charge in [-0.2, -0.15) is 0 Å². The van der Waals surface area contributed by atoms with Crippen molar-refractivity contribution in [1.29, 1.82) is 0 Å². The minimum absolute atomic E-state index is 0. The van der Waals surface area contributed by atoms with Gasteiger partial charge >= 0.3 is 97.0 Å². The van der Waals surface area contributed by atoms with E-state index in [2.05, 4.69) is 5.32 Å². The Morgan fingerprint density at radius 2 is 1.94 bits per heavy atom. The second kappa shape index (κ2) is 7.73. The van der Waals surface area contributed by atoms with E-state index in [1.54, 1.807) is 6.07 Å². The second-order valence-electron chi connectivity index (χ2n) is 4.60. The largest absolute Gasteiger partial charge is 0.870 e. The van der Waals surface area contributed by atoms with E-state index in [4.69, 9.17) is 12.6 Å². The van der Waals surface area contributed by atoms with Gasteiger partial charge in [0.2, 0.25) is 0 Å². The standard InChI is InChI=1S/C12H16BNO2.2H2O/c1-12(2,3)16-11(15)14-8-9-5-4-6-10(13)7-9;;/h4-7H,8H2,1-3H3,(H,14,15);2*1H2/q+2;;/p-2. The number of alkyl carbamates (subject to hydrolysis) is 1. The van der Waals surface area contributed by atoms with Crippen LogP contribution in [0.3, 0.4) is 0 Å². The maximum Gasteiger partial charge on any atom is -0.870 e. The zero-order valence-electron chi connectivity index (χ0n) is 10.8. The van der Waals surface area contributed by atoms with Crippen LogP contribution in [0, 0.1) is 0 Å². The van der Waals surface area contributed by atoms with Gasteiger partial charge in [-0.1, -0.05) is 0 Å². The Hall–Kier alpha value is -1.53. The van der Waals surface area contributed by atoms with Gasteiger partial charge in [0.1, 0.15) is 0 Å². The van der Waals surface area contributed by atoms with Crippen molar-refractivity contribution >= 4 is 19.4 Å². The molecule has 0 bridgehead atoms. The summed E-state index contributed by atoms with van der Waals surface area (Å²) in [6, 6.07) is 7.36. The van der Waals surface area contributed by atoms with Gasteiger partial charge in [-0.25, -0.2) is 0 Å². The van der Waals surface area contributed by atoms with Crippen molar-refractivity contribution in [1.82, 2.24) is 5.32 Å². The minimum atomic E-state index is -0.472. The summed E-state index contributed by atoms with van der Waals surface area (Å²) >= 11 is 0. The van der Waals surface area contributed by atoms with E-state index in [0.717, 1.165) is 5.56 Å². The van der Waals surface area contributed by atoms with E-state index in [1.807, 2.05) is 39.0 Å². The molecule has 0 aliphatic rings. The van der Waals surface area contributed by atoms with Crippen LogP contribution in [0.1, 0.15) is 26.3 Å². The first-order chi connectivity index (χ1) is 7.37. The van der Waals surface area contributed by atoms with E-state index in [-0.39, 0.29) is 11.0 Å². The molecule has 18 heavy (non-hydrogen) atoms. The van der Waals surface area contributed by atoms with Crippen LogP contribution in [0.25, 0.3) is 0 Å². The van der Waals surface area contributed by atoms with E-state index in [0.29, 0.717) is 12.0 Å². The molecule has 1 amide bonds. The predicted molar refractivity (Wildman–Crippen MR) is 68.8 cm³/mol. The van der Waals surface area contributed by atoms with Crippen LogP contribution in [0.15, 0.2) is 24.3 Å². The SMILES string of the molecule is [B+2]c1cccc(CNC(=O)OC(C)(C)C)c1.[OH-].[OH-]. The number of carbonyl (C=O) groups excluding carboxylic acids is 1. The number of hydrogen-bond donors (Lipinski definition) is 1. The number of nitrogens with one attached hydrogen (secondary N) is 1. The van der Waals surface area contributed by atoms with Gasteiger partial charge in [-0.3, -0.25) is 0 Å². The molecule has 1 aromatic carbocycles. The van der Waals surface area contributed by atoms with Crippen molar-refractivity contribution in [3.8, 4) is 0 Å². The summed E-state index contributed by atoms with van der Waals surface area (Å²) in [5.41, 5.74) is 1.16. The molecule has 0 aliphatic carbocycles. The summed E-state index contributed by atoms with van der Waals surface area (Å²) in [5, 5.41) is 2.67. The third kappa shape index (κ3) is 7.70. The summed E-state index contributed by atoms with van der Waals surface area (Å²) < 4.78 is 5.11. The fourth-order valence-corrected chi connectivity index (χ4v) is 1.19. The first-order valence-electron chi connectivity index (χ1n) is 5.18. The van der Waals surface area contributed by atoms with Crippen LogP contribution in [0.2, 0.25) is 0 Å². The summed E-state index contributed by atoms with van der Waals surface area (Å²) in [7, 11) is 5.62. The molecule has 0 unspecified atom stereocenters. The first-order valence-corrected chi connectivity index (χ1v) is 5.18. The predicted octanol–water partition coefficient (Wildman–Crippen LogP) is 1.15. The van der Waals surface area contributed by atoms with Gasteiger partial charge in [0.15, 0.2) is 0 Å². The number of hydrogen-bond acceptors (Lipinski definition) is 4. The van der Waals surface area contributed by atoms with E-state index >= 15 is 0 Å². The van der Waals surface area contributed by atoms with Gasteiger partial charge in [-0.05, 0) is 0 Å². The van der Waals surface area contributed by atoms with Gasteiger partial charge in [-0.15, -0.1) is 0 Å². The normalized spacial score (nSPS) is 9.83. The molecule has 0 heterocycles. The Kier molecular flexibility index (Phi) is 8.09. The Bertz CT molecular complexity index is 377. The van der Waals surface area contributed by atoms with Crippen LogP contribution in [-0.2, 0) is 11.3 Å². The van der Waals surface area contributed by atoms with Crippen molar-refractivity contribution in [2.24, 2.45) is 0 Å². The number of amides is 1. The van der Waals surface area contributed by atoms with Gasteiger partial charge in [0.25, 0.3) is 0 Å². The molecular weight excluding hydrogens is 233 g/mol. The molecule has 3 N–H and O–H groups in total. The minimum Gasteiger partial charge on any atom is -0.870 e. The second-order valence-corrected chi connectivity index (χ2v) is 4.60. The van der Waals surface area contributed by atoms with Gasteiger partial charge in [0, 0.05) is 0 Å². The molecule has 0 aliphatic heterocycles. The molecule has 0 radical (unpaired) electrons. The fourth-order valence-electron chi connectivity index (χ4n) is 1.19. The Morgan fingerprint density at radius 1 is 1.33 bits per heavy atom. The number of carbonyl (C=O) groups is 1. The third-order valence-electron chi connectivity index (χ3n) is 1.79. The quantitative estimate of drug-likeness (QED) is 0.797. The summed E-state index contributed by atoms with van der Waals surface area (Å²) in [6.07, 6.45) is -0.421. The van der Waals surface area contributed by atoms with Crippen LogP contribution in [0.5, 0.6) is 0 Å². The molecule has 0 fully saturated rings. The maximum absolute atomic E-state index is 11.4. The van der Waals surface area contributed by atoms with Gasteiger partial charge < -0.3 is 11.0 Å². The van der Waals surface area contributed by atoms with E-state index < -0.39 is 11.7 Å². The molecule has 5 nitrogen and oxygen atoms in total. The molecule has 98 valence electrons.